The minimum Gasteiger partial charge on any atom is -0.480 e. The highest BCUT2D eigenvalue weighted by atomic mass is 16.4. The Morgan fingerprint density at radius 3 is 3.08 bits per heavy atom. The number of carboxylic acid groups (broad SMARTS) is 1. The normalized spacial score (nSPS) is 39.5. The predicted molar refractivity (Wildman–Crippen MR) is 44.8 cm³/mol. The van der Waals surface area contributed by atoms with Crippen molar-refractivity contribution in [1.82, 2.24) is 5.32 Å². The molecule has 0 bridgehead atoms. The molecule has 1 fully saturated rings. The fourth-order valence-electron chi connectivity index (χ4n) is 2.12. The third-order valence-electron chi connectivity index (χ3n) is 2.79. The van der Waals surface area contributed by atoms with E-state index in [4.69, 9.17) is 5.11 Å². The maximum atomic E-state index is 10.7. The Morgan fingerprint density at radius 1 is 1.58 bits per heavy atom. The Balaban J connectivity index is 2.05. The van der Waals surface area contributed by atoms with Crippen LogP contribution in [0.4, 0.5) is 0 Å². The number of carbonyl (C=O) groups is 1. The molecule has 2 rings (SSSR count). The van der Waals surface area contributed by atoms with Crippen LogP contribution < -0.4 is 5.32 Å². The van der Waals surface area contributed by atoms with Crippen molar-refractivity contribution in [3.8, 4) is 0 Å². The minimum absolute atomic E-state index is 0.317. The first-order chi connectivity index (χ1) is 5.77. The molecule has 66 valence electrons. The maximum absolute atomic E-state index is 10.7. The zero-order valence-corrected chi connectivity index (χ0v) is 6.86. The van der Waals surface area contributed by atoms with E-state index in [0.717, 1.165) is 19.3 Å². The van der Waals surface area contributed by atoms with Gasteiger partial charge in [-0.15, -0.1) is 0 Å². The first-order valence-corrected chi connectivity index (χ1v) is 4.43. The molecule has 1 aliphatic carbocycles. The molecule has 1 aliphatic heterocycles. The van der Waals surface area contributed by atoms with Gasteiger partial charge in [0.1, 0.15) is 6.04 Å². The Labute approximate surface area is 71.5 Å². The average Bonchev–Trinajstić information content (AvgIpc) is 2.46. The molecule has 0 amide bonds. The van der Waals surface area contributed by atoms with E-state index < -0.39 is 5.97 Å². The third-order valence-corrected chi connectivity index (χ3v) is 2.79. The van der Waals surface area contributed by atoms with Crippen LogP contribution in [0.15, 0.2) is 12.2 Å². The number of allylic oxidation sites excluding steroid dienone is 1. The number of carboxylic acids is 1. The number of rotatable bonds is 1. The van der Waals surface area contributed by atoms with Crippen LogP contribution in [-0.2, 0) is 4.79 Å². The lowest BCUT2D eigenvalue weighted by atomic mass is 9.90. The van der Waals surface area contributed by atoms with Crippen LogP contribution in [0.25, 0.3) is 0 Å². The Morgan fingerprint density at radius 2 is 2.42 bits per heavy atom. The van der Waals surface area contributed by atoms with Crippen molar-refractivity contribution >= 4 is 5.97 Å². The van der Waals surface area contributed by atoms with E-state index in [9.17, 15) is 4.79 Å². The van der Waals surface area contributed by atoms with Gasteiger partial charge >= 0.3 is 5.97 Å². The van der Waals surface area contributed by atoms with E-state index in [-0.39, 0.29) is 6.04 Å². The second-order valence-electron chi connectivity index (χ2n) is 3.58. The second-order valence-corrected chi connectivity index (χ2v) is 3.58. The molecule has 12 heavy (non-hydrogen) atoms. The minimum atomic E-state index is -0.710. The quantitative estimate of drug-likeness (QED) is 0.567. The van der Waals surface area contributed by atoms with Crippen molar-refractivity contribution in [2.24, 2.45) is 5.92 Å². The van der Waals surface area contributed by atoms with Crippen molar-refractivity contribution in [3.63, 3.8) is 0 Å². The van der Waals surface area contributed by atoms with Crippen molar-refractivity contribution in [3.05, 3.63) is 12.2 Å². The Hall–Kier alpha value is -0.830. The van der Waals surface area contributed by atoms with Gasteiger partial charge in [0.05, 0.1) is 0 Å². The van der Waals surface area contributed by atoms with Gasteiger partial charge in [0.2, 0.25) is 0 Å². The Kier molecular flexibility index (Phi) is 1.89. The molecule has 0 aromatic carbocycles. The number of fused-ring (bicyclic) bond motifs is 1. The summed E-state index contributed by atoms with van der Waals surface area (Å²) in [5.41, 5.74) is 0. The highest BCUT2D eigenvalue weighted by Gasteiger charge is 2.36. The molecule has 2 aliphatic rings. The summed E-state index contributed by atoms with van der Waals surface area (Å²) in [6.07, 6.45) is 7.28. The molecule has 0 aromatic heterocycles. The average molecular weight is 167 g/mol. The lowest BCUT2D eigenvalue weighted by molar-refractivity contribution is -0.139. The molecule has 3 heteroatoms. The zero-order chi connectivity index (χ0) is 8.55. The number of hydrogen-bond donors (Lipinski definition) is 2. The summed E-state index contributed by atoms with van der Waals surface area (Å²) in [7, 11) is 0. The number of aliphatic carboxylic acids is 1. The van der Waals surface area contributed by atoms with E-state index in [1.165, 1.54) is 0 Å². The van der Waals surface area contributed by atoms with Gasteiger partial charge in [-0.2, -0.15) is 0 Å². The summed E-state index contributed by atoms with van der Waals surface area (Å²) in [6, 6.07) is 0.00241. The van der Waals surface area contributed by atoms with E-state index in [1.807, 2.05) is 0 Å². The molecule has 0 spiro atoms. The molecular weight excluding hydrogens is 154 g/mol. The van der Waals surface area contributed by atoms with E-state index in [0.29, 0.717) is 12.0 Å². The lowest BCUT2D eigenvalue weighted by Crippen LogP contribution is -2.35. The van der Waals surface area contributed by atoms with Gasteiger partial charge in [-0.1, -0.05) is 12.2 Å². The molecule has 1 saturated heterocycles. The van der Waals surface area contributed by atoms with Gasteiger partial charge in [-0.05, 0) is 25.2 Å². The van der Waals surface area contributed by atoms with Gasteiger partial charge in [-0.3, -0.25) is 10.1 Å². The van der Waals surface area contributed by atoms with Crippen LogP contribution in [0.3, 0.4) is 0 Å². The van der Waals surface area contributed by atoms with Crippen molar-refractivity contribution in [2.45, 2.75) is 31.3 Å². The molecule has 2 N–H and O–H groups in total. The molecule has 1 heterocycles. The topological polar surface area (TPSA) is 49.3 Å². The van der Waals surface area contributed by atoms with Crippen molar-refractivity contribution < 1.29 is 9.90 Å². The molecule has 3 nitrogen and oxygen atoms in total. The van der Waals surface area contributed by atoms with Crippen molar-refractivity contribution in [2.75, 3.05) is 0 Å². The Bertz CT molecular complexity index is 225. The SMILES string of the molecule is O=C(O)[C@@H]1C[C@@H]2CCC=C[C@H]2N1. The summed E-state index contributed by atoms with van der Waals surface area (Å²) in [5.74, 6) is -0.158. The summed E-state index contributed by atoms with van der Waals surface area (Å²) >= 11 is 0. The van der Waals surface area contributed by atoms with E-state index >= 15 is 0 Å². The smallest absolute Gasteiger partial charge is 0.320 e. The van der Waals surface area contributed by atoms with Crippen LogP contribution in [0, 0.1) is 5.92 Å². The molecule has 0 aromatic rings. The fraction of sp³-hybridized carbons (Fsp3) is 0.667. The highest BCUT2D eigenvalue weighted by molar-refractivity contribution is 5.74. The zero-order valence-electron chi connectivity index (χ0n) is 6.86. The van der Waals surface area contributed by atoms with E-state index in [2.05, 4.69) is 17.5 Å². The summed E-state index contributed by atoms with van der Waals surface area (Å²) < 4.78 is 0. The molecule has 3 atom stereocenters. The molecule has 0 unspecified atom stereocenters. The summed E-state index contributed by atoms with van der Waals surface area (Å²) in [5, 5.41) is 11.9. The lowest BCUT2D eigenvalue weighted by Gasteiger charge is -2.18. The van der Waals surface area contributed by atoms with Gasteiger partial charge in [0.15, 0.2) is 0 Å². The van der Waals surface area contributed by atoms with Gasteiger partial charge < -0.3 is 5.11 Å². The molecular formula is C9H13NO2. The molecule has 0 saturated carbocycles. The van der Waals surface area contributed by atoms with Gasteiger partial charge in [0, 0.05) is 6.04 Å². The van der Waals surface area contributed by atoms with Crippen LogP contribution in [-0.4, -0.2) is 23.2 Å². The fourth-order valence-corrected chi connectivity index (χ4v) is 2.12. The van der Waals surface area contributed by atoms with Crippen LogP contribution in [0.1, 0.15) is 19.3 Å². The number of nitrogens with one attached hydrogen (secondary N) is 1. The predicted octanol–water partition coefficient (Wildman–Crippen LogP) is 0.768. The first kappa shape index (κ1) is 7.80. The molecule has 0 radical (unpaired) electrons. The van der Waals surface area contributed by atoms with Gasteiger partial charge in [0.25, 0.3) is 0 Å². The monoisotopic (exact) mass is 167 g/mol. The van der Waals surface area contributed by atoms with Crippen LogP contribution in [0.2, 0.25) is 0 Å². The van der Waals surface area contributed by atoms with E-state index in [1.54, 1.807) is 0 Å². The van der Waals surface area contributed by atoms with Crippen LogP contribution >= 0.6 is 0 Å². The third kappa shape index (κ3) is 1.25. The first-order valence-electron chi connectivity index (χ1n) is 4.43. The van der Waals surface area contributed by atoms with Gasteiger partial charge in [-0.25, -0.2) is 0 Å². The van der Waals surface area contributed by atoms with Crippen LogP contribution in [0.5, 0.6) is 0 Å². The van der Waals surface area contributed by atoms with Crippen molar-refractivity contribution in [1.29, 1.82) is 0 Å². The largest absolute Gasteiger partial charge is 0.480 e. The summed E-state index contributed by atoms with van der Waals surface area (Å²) in [6.45, 7) is 0. The maximum Gasteiger partial charge on any atom is 0.320 e. The standard InChI is InChI=1S/C9H13NO2/c11-9(12)8-5-6-3-1-2-4-7(6)10-8/h2,4,6-8,10H,1,3,5H2,(H,11,12)/t6-,7+,8-/m0/s1. The highest BCUT2D eigenvalue weighted by Crippen LogP contribution is 2.29. The summed E-state index contributed by atoms with van der Waals surface area (Å²) in [4.78, 5) is 10.7. The number of hydrogen-bond acceptors (Lipinski definition) is 2. The second kappa shape index (κ2) is 2.90.